The van der Waals surface area contributed by atoms with Gasteiger partial charge in [-0.25, -0.2) is 4.39 Å². The number of non-ortho nitro benzene ring substituents is 1. The molecule has 1 aliphatic rings. The summed E-state index contributed by atoms with van der Waals surface area (Å²) in [5, 5.41) is 13.9. The molecule has 0 radical (unpaired) electrons. The molecule has 0 amide bonds. The van der Waals surface area contributed by atoms with Crippen molar-refractivity contribution in [3.05, 3.63) is 34.1 Å². The molecule has 110 valence electrons. The van der Waals surface area contributed by atoms with E-state index in [0.717, 1.165) is 12.5 Å². The molecule has 0 bridgehead atoms. The fourth-order valence-corrected chi connectivity index (χ4v) is 2.58. The van der Waals surface area contributed by atoms with E-state index < -0.39 is 10.7 Å². The Hall–Kier alpha value is -1.69. The number of hydrogen-bond donors (Lipinski definition) is 1. The zero-order chi connectivity index (χ0) is 14.9. The lowest BCUT2D eigenvalue weighted by Gasteiger charge is -2.52. The fraction of sp³-hybridized carbons (Fsp3) is 0.571. The van der Waals surface area contributed by atoms with Gasteiger partial charge in [0.05, 0.1) is 17.1 Å². The molecule has 0 aromatic heterocycles. The summed E-state index contributed by atoms with van der Waals surface area (Å²) in [6, 6.07) is 3.66. The van der Waals surface area contributed by atoms with Crippen molar-refractivity contribution in [2.45, 2.75) is 39.3 Å². The molecule has 1 aromatic carbocycles. The second kappa shape index (κ2) is 5.36. The molecule has 2 rings (SSSR count). The molecule has 1 aliphatic carbocycles. The molecule has 1 aromatic rings. The number of nitrogens with zero attached hydrogens (tertiary/aromatic N) is 1. The number of rotatable bonds is 5. The molecule has 0 heterocycles. The van der Waals surface area contributed by atoms with Crippen molar-refractivity contribution in [3.8, 4) is 0 Å². The highest BCUT2D eigenvalue weighted by atomic mass is 19.1. The van der Waals surface area contributed by atoms with Crippen LogP contribution in [0.3, 0.4) is 0 Å². The van der Waals surface area contributed by atoms with E-state index >= 15 is 0 Å². The third-order valence-electron chi connectivity index (χ3n) is 3.98. The van der Waals surface area contributed by atoms with Gasteiger partial charge in [-0.1, -0.05) is 13.8 Å². The van der Waals surface area contributed by atoms with Crippen LogP contribution in [-0.4, -0.2) is 23.7 Å². The van der Waals surface area contributed by atoms with Gasteiger partial charge in [0.2, 0.25) is 0 Å². The standard InChI is InChI=1S/C14H19FN2O3/c1-4-20-13-8-12(14(13,2)3)16-10-5-9(15)6-11(7-10)17(18)19/h5-7,12-13,16H,4,8H2,1-3H3. The molecule has 0 saturated heterocycles. The highest BCUT2D eigenvalue weighted by Gasteiger charge is 2.48. The van der Waals surface area contributed by atoms with Crippen molar-refractivity contribution >= 4 is 11.4 Å². The van der Waals surface area contributed by atoms with Crippen LogP contribution in [0.4, 0.5) is 15.8 Å². The third-order valence-corrected chi connectivity index (χ3v) is 3.98. The number of anilines is 1. The van der Waals surface area contributed by atoms with Gasteiger partial charge in [0.25, 0.3) is 5.69 Å². The summed E-state index contributed by atoms with van der Waals surface area (Å²) in [7, 11) is 0. The van der Waals surface area contributed by atoms with Gasteiger partial charge in [-0.3, -0.25) is 10.1 Å². The number of nitro benzene ring substituents is 1. The topological polar surface area (TPSA) is 64.4 Å². The minimum atomic E-state index is -0.611. The molecule has 1 N–H and O–H groups in total. The molecule has 20 heavy (non-hydrogen) atoms. The molecule has 1 fully saturated rings. The van der Waals surface area contributed by atoms with Gasteiger partial charge in [-0.2, -0.15) is 0 Å². The summed E-state index contributed by atoms with van der Waals surface area (Å²) in [5.74, 6) is -0.611. The van der Waals surface area contributed by atoms with Gasteiger partial charge in [0.15, 0.2) is 0 Å². The Kier molecular flexibility index (Phi) is 3.94. The highest BCUT2D eigenvalue weighted by molar-refractivity contribution is 5.52. The first-order chi connectivity index (χ1) is 9.34. The van der Waals surface area contributed by atoms with E-state index in [1.165, 1.54) is 12.1 Å². The minimum absolute atomic E-state index is 0.0862. The zero-order valence-corrected chi connectivity index (χ0v) is 11.9. The van der Waals surface area contributed by atoms with Crippen molar-refractivity contribution in [2.24, 2.45) is 5.41 Å². The van der Waals surface area contributed by atoms with E-state index in [2.05, 4.69) is 19.2 Å². The Morgan fingerprint density at radius 3 is 2.75 bits per heavy atom. The predicted molar refractivity (Wildman–Crippen MR) is 74.3 cm³/mol. The summed E-state index contributed by atoms with van der Waals surface area (Å²) in [4.78, 5) is 10.1. The molecule has 2 atom stereocenters. The number of benzene rings is 1. The largest absolute Gasteiger partial charge is 0.381 e. The SMILES string of the molecule is CCOC1CC(Nc2cc(F)cc([N+](=O)[O-])c2)C1(C)C. The van der Waals surface area contributed by atoms with E-state index in [4.69, 9.17) is 4.74 Å². The van der Waals surface area contributed by atoms with Crippen LogP contribution in [0.25, 0.3) is 0 Å². The smallest absolute Gasteiger partial charge is 0.274 e. The molecule has 6 heteroatoms. The Labute approximate surface area is 117 Å². The minimum Gasteiger partial charge on any atom is -0.381 e. The maximum absolute atomic E-state index is 13.4. The van der Waals surface area contributed by atoms with Gasteiger partial charge >= 0.3 is 0 Å². The molecule has 2 unspecified atom stereocenters. The van der Waals surface area contributed by atoms with Crippen molar-refractivity contribution in [3.63, 3.8) is 0 Å². The number of ether oxygens (including phenoxy) is 1. The van der Waals surface area contributed by atoms with Gasteiger partial charge < -0.3 is 10.1 Å². The highest BCUT2D eigenvalue weighted by Crippen LogP contribution is 2.44. The molecule has 5 nitrogen and oxygen atoms in total. The lowest BCUT2D eigenvalue weighted by Crippen LogP contribution is -2.58. The van der Waals surface area contributed by atoms with Crippen LogP contribution >= 0.6 is 0 Å². The quantitative estimate of drug-likeness (QED) is 0.664. The monoisotopic (exact) mass is 282 g/mol. The lowest BCUT2D eigenvalue weighted by atomic mass is 9.64. The molecule has 0 aliphatic heterocycles. The second-order valence-electron chi connectivity index (χ2n) is 5.65. The Bertz CT molecular complexity index is 519. The van der Waals surface area contributed by atoms with Crippen molar-refractivity contribution in [2.75, 3.05) is 11.9 Å². The Morgan fingerprint density at radius 1 is 1.50 bits per heavy atom. The van der Waals surface area contributed by atoms with Crippen LogP contribution < -0.4 is 5.32 Å². The van der Waals surface area contributed by atoms with Crippen LogP contribution in [0.1, 0.15) is 27.2 Å². The van der Waals surface area contributed by atoms with Gasteiger partial charge in [-0.15, -0.1) is 0 Å². The number of halogens is 1. The predicted octanol–water partition coefficient (Wildman–Crippen LogP) is 3.35. The summed E-state index contributed by atoms with van der Waals surface area (Å²) in [6.07, 6.45) is 0.971. The average molecular weight is 282 g/mol. The van der Waals surface area contributed by atoms with Gasteiger partial charge in [-0.05, 0) is 19.4 Å². The van der Waals surface area contributed by atoms with E-state index in [0.29, 0.717) is 12.3 Å². The maximum Gasteiger partial charge on any atom is 0.274 e. The van der Waals surface area contributed by atoms with Crippen molar-refractivity contribution < 1.29 is 14.1 Å². The van der Waals surface area contributed by atoms with E-state index in [1.54, 1.807) is 0 Å². The first kappa shape index (κ1) is 14.7. The maximum atomic E-state index is 13.4. The number of nitrogens with one attached hydrogen (secondary N) is 1. The summed E-state index contributed by atoms with van der Waals surface area (Å²) >= 11 is 0. The molecule has 0 spiro atoms. The Balaban J connectivity index is 2.10. The molecule has 1 saturated carbocycles. The number of nitro groups is 1. The second-order valence-corrected chi connectivity index (χ2v) is 5.65. The molecular formula is C14H19FN2O3. The van der Waals surface area contributed by atoms with Crippen LogP contribution in [0.2, 0.25) is 0 Å². The normalized spacial score (nSPS) is 24.0. The summed E-state index contributed by atoms with van der Waals surface area (Å²) in [5.41, 5.74) is 0.104. The molecular weight excluding hydrogens is 263 g/mol. The van der Waals surface area contributed by atoms with Crippen LogP contribution in [-0.2, 0) is 4.74 Å². The Morgan fingerprint density at radius 2 is 2.20 bits per heavy atom. The van der Waals surface area contributed by atoms with E-state index in [1.807, 2.05) is 6.92 Å². The summed E-state index contributed by atoms with van der Waals surface area (Å²) < 4.78 is 19.0. The zero-order valence-electron chi connectivity index (χ0n) is 11.9. The van der Waals surface area contributed by atoms with Crippen LogP contribution in [0.15, 0.2) is 18.2 Å². The van der Waals surface area contributed by atoms with Crippen LogP contribution in [0, 0.1) is 21.3 Å². The summed E-state index contributed by atoms with van der Waals surface area (Å²) in [6.45, 7) is 6.75. The van der Waals surface area contributed by atoms with E-state index in [9.17, 15) is 14.5 Å². The third kappa shape index (κ3) is 2.75. The van der Waals surface area contributed by atoms with Gasteiger partial charge in [0.1, 0.15) is 5.82 Å². The fourth-order valence-electron chi connectivity index (χ4n) is 2.58. The van der Waals surface area contributed by atoms with Crippen molar-refractivity contribution in [1.82, 2.24) is 0 Å². The lowest BCUT2D eigenvalue weighted by molar-refractivity contribution is -0.385. The first-order valence-corrected chi connectivity index (χ1v) is 6.67. The number of hydrogen-bond acceptors (Lipinski definition) is 4. The first-order valence-electron chi connectivity index (χ1n) is 6.67. The van der Waals surface area contributed by atoms with Crippen LogP contribution in [0.5, 0.6) is 0 Å². The average Bonchev–Trinajstić information content (AvgIpc) is 2.37. The van der Waals surface area contributed by atoms with E-state index in [-0.39, 0.29) is 23.2 Å². The van der Waals surface area contributed by atoms with Crippen molar-refractivity contribution in [1.29, 1.82) is 0 Å². The van der Waals surface area contributed by atoms with Gasteiger partial charge in [0, 0.05) is 29.8 Å².